The quantitative estimate of drug-likeness (QED) is 0.666. The van der Waals surface area contributed by atoms with Gasteiger partial charge in [0, 0.05) is 12.2 Å². The molecule has 0 aliphatic rings. The number of aromatic nitrogens is 1. The lowest BCUT2D eigenvalue weighted by atomic mass is 10.1. The Morgan fingerprint density at radius 2 is 2.23 bits per heavy atom. The maximum absolute atomic E-state index is 12.4. The van der Waals surface area contributed by atoms with Crippen LogP contribution in [0, 0.1) is 5.95 Å². The van der Waals surface area contributed by atoms with E-state index in [-0.39, 0.29) is 6.04 Å². The van der Waals surface area contributed by atoms with Gasteiger partial charge in [-0.1, -0.05) is 6.07 Å². The summed E-state index contributed by atoms with van der Waals surface area (Å²) in [6.07, 6.45) is 2.98. The molecule has 0 bridgehead atoms. The average Bonchev–Trinajstić information content (AvgIpc) is 2.09. The van der Waals surface area contributed by atoms with E-state index in [9.17, 15) is 4.39 Å². The molecule has 0 saturated carbocycles. The van der Waals surface area contributed by atoms with Crippen molar-refractivity contribution in [2.75, 3.05) is 6.54 Å². The minimum absolute atomic E-state index is 0.0391. The van der Waals surface area contributed by atoms with Crippen LogP contribution in [0.3, 0.4) is 0 Å². The van der Waals surface area contributed by atoms with E-state index in [1.807, 2.05) is 0 Å². The summed E-state index contributed by atoms with van der Waals surface area (Å²) in [7, 11) is 0. The lowest BCUT2D eigenvalue weighted by Gasteiger charge is -2.09. The van der Waals surface area contributed by atoms with Gasteiger partial charge in [0.25, 0.3) is 0 Å². The fourth-order valence-corrected chi connectivity index (χ4v) is 1.15. The maximum atomic E-state index is 12.4. The number of nitrogens with two attached hydrogens (primary N) is 2. The Kier molecular flexibility index (Phi) is 3.79. The number of rotatable bonds is 4. The highest BCUT2D eigenvalue weighted by molar-refractivity contribution is 5.10. The fourth-order valence-electron chi connectivity index (χ4n) is 1.15. The Morgan fingerprint density at radius 1 is 1.46 bits per heavy atom. The molecular formula is C9H14FN3. The minimum atomic E-state index is -0.462. The first-order valence-corrected chi connectivity index (χ1v) is 4.28. The van der Waals surface area contributed by atoms with Crippen molar-refractivity contribution in [2.45, 2.75) is 18.9 Å². The highest BCUT2D eigenvalue weighted by Gasteiger charge is 2.03. The molecule has 72 valence electrons. The largest absolute Gasteiger partial charge is 0.330 e. The van der Waals surface area contributed by atoms with Crippen LogP contribution >= 0.6 is 0 Å². The number of halogens is 1. The normalized spacial score (nSPS) is 12.8. The zero-order valence-electron chi connectivity index (χ0n) is 7.41. The summed E-state index contributed by atoms with van der Waals surface area (Å²) < 4.78 is 12.4. The Balaban J connectivity index is 2.49. The summed E-state index contributed by atoms with van der Waals surface area (Å²) in [5.74, 6) is -0.462. The fraction of sp³-hybridized carbons (Fsp3) is 0.444. The predicted molar refractivity (Wildman–Crippen MR) is 49.5 cm³/mol. The van der Waals surface area contributed by atoms with Gasteiger partial charge in [0.05, 0.1) is 0 Å². The molecular weight excluding hydrogens is 169 g/mol. The lowest BCUT2D eigenvalue weighted by molar-refractivity contribution is 0.577. The van der Waals surface area contributed by atoms with Crippen molar-refractivity contribution >= 4 is 0 Å². The standard InChI is InChI=1S/C9H14FN3/c10-9-2-1-7(6-13-9)5-8(12)3-4-11/h1-2,6,8H,3-5,11-12H2. The molecule has 0 aromatic carbocycles. The van der Waals surface area contributed by atoms with Crippen molar-refractivity contribution in [1.82, 2.24) is 4.98 Å². The van der Waals surface area contributed by atoms with Crippen molar-refractivity contribution in [3.8, 4) is 0 Å². The zero-order valence-corrected chi connectivity index (χ0v) is 7.41. The molecule has 4 N–H and O–H groups in total. The van der Waals surface area contributed by atoms with E-state index in [0.717, 1.165) is 12.0 Å². The molecule has 1 unspecified atom stereocenters. The third kappa shape index (κ3) is 3.48. The summed E-state index contributed by atoms with van der Waals surface area (Å²) in [5.41, 5.74) is 12.1. The SMILES string of the molecule is NCCC(N)Cc1ccc(F)nc1. The molecule has 1 rings (SSSR count). The summed E-state index contributed by atoms with van der Waals surface area (Å²) in [6.45, 7) is 0.579. The van der Waals surface area contributed by atoms with Crippen LogP contribution in [0.15, 0.2) is 18.3 Å². The van der Waals surface area contributed by atoms with Crippen LogP contribution < -0.4 is 11.5 Å². The van der Waals surface area contributed by atoms with Crippen LogP contribution in [0.4, 0.5) is 4.39 Å². The van der Waals surface area contributed by atoms with Gasteiger partial charge in [-0.3, -0.25) is 0 Å². The number of hydrogen-bond donors (Lipinski definition) is 2. The second kappa shape index (κ2) is 4.89. The van der Waals surface area contributed by atoms with Gasteiger partial charge in [-0.05, 0) is 31.0 Å². The smallest absolute Gasteiger partial charge is 0.212 e. The Morgan fingerprint density at radius 3 is 2.77 bits per heavy atom. The molecule has 1 atom stereocenters. The van der Waals surface area contributed by atoms with Crippen LogP contribution in [-0.2, 0) is 6.42 Å². The van der Waals surface area contributed by atoms with Crippen molar-refractivity contribution in [3.05, 3.63) is 29.8 Å². The van der Waals surface area contributed by atoms with Gasteiger partial charge in [-0.15, -0.1) is 0 Å². The monoisotopic (exact) mass is 183 g/mol. The molecule has 1 aromatic rings. The molecule has 1 heterocycles. The van der Waals surface area contributed by atoms with E-state index in [2.05, 4.69) is 4.98 Å². The van der Waals surface area contributed by atoms with E-state index in [1.54, 1.807) is 6.07 Å². The zero-order chi connectivity index (χ0) is 9.68. The molecule has 0 fully saturated rings. The summed E-state index contributed by atoms with van der Waals surface area (Å²) in [6, 6.07) is 3.07. The van der Waals surface area contributed by atoms with Crippen LogP contribution in [0.25, 0.3) is 0 Å². The Bertz CT molecular complexity index is 248. The highest BCUT2D eigenvalue weighted by atomic mass is 19.1. The Hall–Kier alpha value is -1.00. The molecule has 13 heavy (non-hydrogen) atoms. The van der Waals surface area contributed by atoms with E-state index in [4.69, 9.17) is 11.5 Å². The molecule has 0 saturated heterocycles. The van der Waals surface area contributed by atoms with Crippen LogP contribution in [0.1, 0.15) is 12.0 Å². The van der Waals surface area contributed by atoms with Gasteiger partial charge in [0.1, 0.15) is 0 Å². The third-order valence-electron chi connectivity index (χ3n) is 1.82. The number of nitrogens with zero attached hydrogens (tertiary/aromatic N) is 1. The van der Waals surface area contributed by atoms with Crippen molar-refractivity contribution in [2.24, 2.45) is 11.5 Å². The second-order valence-corrected chi connectivity index (χ2v) is 3.03. The molecule has 0 aliphatic heterocycles. The molecule has 0 aliphatic carbocycles. The summed E-state index contributed by atoms with van der Waals surface area (Å²) in [5, 5.41) is 0. The van der Waals surface area contributed by atoms with Gasteiger partial charge in [0.2, 0.25) is 5.95 Å². The molecule has 1 aromatic heterocycles. The van der Waals surface area contributed by atoms with Crippen LogP contribution in [0.2, 0.25) is 0 Å². The minimum Gasteiger partial charge on any atom is -0.330 e. The van der Waals surface area contributed by atoms with Gasteiger partial charge >= 0.3 is 0 Å². The number of pyridine rings is 1. The summed E-state index contributed by atoms with van der Waals surface area (Å²) in [4.78, 5) is 3.54. The van der Waals surface area contributed by atoms with Gasteiger partial charge < -0.3 is 11.5 Å². The third-order valence-corrected chi connectivity index (χ3v) is 1.82. The van der Waals surface area contributed by atoms with E-state index in [0.29, 0.717) is 13.0 Å². The highest BCUT2D eigenvalue weighted by Crippen LogP contribution is 2.03. The van der Waals surface area contributed by atoms with Crippen LogP contribution in [0.5, 0.6) is 0 Å². The Labute approximate surface area is 77.0 Å². The van der Waals surface area contributed by atoms with Gasteiger partial charge in [-0.25, -0.2) is 4.98 Å². The van der Waals surface area contributed by atoms with E-state index >= 15 is 0 Å². The van der Waals surface area contributed by atoms with Crippen molar-refractivity contribution in [3.63, 3.8) is 0 Å². The molecule has 0 amide bonds. The maximum Gasteiger partial charge on any atom is 0.212 e. The van der Waals surface area contributed by atoms with Gasteiger partial charge in [0.15, 0.2) is 0 Å². The first-order valence-electron chi connectivity index (χ1n) is 4.28. The topological polar surface area (TPSA) is 64.9 Å². The predicted octanol–water partition coefficient (Wildman–Crippen LogP) is 0.439. The molecule has 0 radical (unpaired) electrons. The average molecular weight is 183 g/mol. The van der Waals surface area contributed by atoms with Crippen molar-refractivity contribution in [1.29, 1.82) is 0 Å². The lowest BCUT2D eigenvalue weighted by Crippen LogP contribution is -2.26. The first kappa shape index (κ1) is 10.1. The second-order valence-electron chi connectivity index (χ2n) is 3.03. The number of hydrogen-bond acceptors (Lipinski definition) is 3. The molecule has 0 spiro atoms. The molecule has 3 nitrogen and oxygen atoms in total. The summed E-state index contributed by atoms with van der Waals surface area (Å²) >= 11 is 0. The van der Waals surface area contributed by atoms with E-state index < -0.39 is 5.95 Å². The van der Waals surface area contributed by atoms with E-state index in [1.165, 1.54) is 12.3 Å². The molecule has 4 heteroatoms. The van der Waals surface area contributed by atoms with Gasteiger partial charge in [-0.2, -0.15) is 4.39 Å². The van der Waals surface area contributed by atoms with Crippen molar-refractivity contribution < 1.29 is 4.39 Å². The first-order chi connectivity index (χ1) is 6.22. The van der Waals surface area contributed by atoms with Crippen LogP contribution in [-0.4, -0.2) is 17.6 Å².